The third kappa shape index (κ3) is 1.61. The van der Waals surface area contributed by atoms with Crippen LogP contribution in [0, 0.1) is 0 Å². The number of aromatic nitrogens is 4. The van der Waals surface area contributed by atoms with Crippen molar-refractivity contribution in [3.63, 3.8) is 0 Å². The van der Waals surface area contributed by atoms with Gasteiger partial charge in [0.2, 0.25) is 0 Å². The summed E-state index contributed by atoms with van der Waals surface area (Å²) in [6.45, 7) is 2.02. The average Bonchev–Trinajstić information content (AvgIpc) is 3.02. The van der Waals surface area contributed by atoms with Gasteiger partial charge in [0.1, 0.15) is 0 Å². The van der Waals surface area contributed by atoms with Crippen LogP contribution in [-0.4, -0.2) is 31.6 Å². The van der Waals surface area contributed by atoms with Crippen LogP contribution < -0.4 is 4.90 Å². The molecule has 2 aromatic rings. The Labute approximate surface area is 91.7 Å². The standard InChI is InChI=1S/C9H11N5S/c1-3-10-14(4-1)8-2-5-13(7-8)9-6-11-15-12-9/h1,3-4,6,8H,2,5,7H2. The molecule has 6 heteroatoms. The van der Waals surface area contributed by atoms with Crippen LogP contribution in [0.4, 0.5) is 5.82 Å². The molecule has 1 aliphatic heterocycles. The van der Waals surface area contributed by atoms with Gasteiger partial charge < -0.3 is 4.90 Å². The van der Waals surface area contributed by atoms with E-state index in [9.17, 15) is 0 Å². The molecular weight excluding hydrogens is 210 g/mol. The highest BCUT2D eigenvalue weighted by atomic mass is 32.1. The van der Waals surface area contributed by atoms with E-state index >= 15 is 0 Å². The average molecular weight is 221 g/mol. The molecule has 0 aromatic carbocycles. The van der Waals surface area contributed by atoms with Gasteiger partial charge in [-0.2, -0.15) is 13.8 Å². The lowest BCUT2D eigenvalue weighted by molar-refractivity contribution is 0.494. The molecule has 0 spiro atoms. The van der Waals surface area contributed by atoms with Gasteiger partial charge in [0.15, 0.2) is 5.82 Å². The van der Waals surface area contributed by atoms with Crippen molar-refractivity contribution in [3.05, 3.63) is 24.7 Å². The van der Waals surface area contributed by atoms with Crippen LogP contribution >= 0.6 is 11.7 Å². The van der Waals surface area contributed by atoms with Gasteiger partial charge in [0.25, 0.3) is 0 Å². The second-order valence-corrected chi connectivity index (χ2v) is 4.20. The van der Waals surface area contributed by atoms with E-state index in [1.807, 2.05) is 29.3 Å². The largest absolute Gasteiger partial charge is 0.352 e. The lowest BCUT2D eigenvalue weighted by atomic mass is 10.3. The first-order chi connectivity index (χ1) is 7.43. The Morgan fingerprint density at radius 1 is 1.47 bits per heavy atom. The zero-order valence-electron chi connectivity index (χ0n) is 8.15. The lowest BCUT2D eigenvalue weighted by Gasteiger charge is -2.14. The maximum Gasteiger partial charge on any atom is 0.162 e. The fourth-order valence-electron chi connectivity index (χ4n) is 1.96. The summed E-state index contributed by atoms with van der Waals surface area (Å²) in [5.41, 5.74) is 0. The van der Waals surface area contributed by atoms with E-state index in [4.69, 9.17) is 0 Å². The molecule has 5 nitrogen and oxygen atoms in total. The zero-order chi connectivity index (χ0) is 10.1. The van der Waals surface area contributed by atoms with E-state index in [-0.39, 0.29) is 0 Å². The maximum atomic E-state index is 4.27. The molecule has 3 heterocycles. The van der Waals surface area contributed by atoms with Crippen molar-refractivity contribution in [2.75, 3.05) is 18.0 Å². The Morgan fingerprint density at radius 3 is 3.20 bits per heavy atom. The number of hydrogen-bond donors (Lipinski definition) is 0. The third-order valence-corrected chi connectivity index (χ3v) is 3.20. The molecule has 0 aliphatic carbocycles. The molecule has 1 saturated heterocycles. The highest BCUT2D eigenvalue weighted by Crippen LogP contribution is 2.24. The van der Waals surface area contributed by atoms with E-state index < -0.39 is 0 Å². The maximum absolute atomic E-state index is 4.27. The van der Waals surface area contributed by atoms with Crippen LogP contribution in [0.15, 0.2) is 24.7 Å². The Kier molecular flexibility index (Phi) is 2.13. The SMILES string of the molecule is c1cnn(C2CCN(c3cnsn3)C2)c1. The normalized spacial score (nSPS) is 21.1. The third-order valence-electron chi connectivity index (χ3n) is 2.74. The summed E-state index contributed by atoms with van der Waals surface area (Å²) >= 11 is 1.26. The fraction of sp³-hybridized carbons (Fsp3) is 0.444. The Balaban J connectivity index is 1.74. The first-order valence-corrected chi connectivity index (χ1v) is 5.68. The minimum absolute atomic E-state index is 0.474. The van der Waals surface area contributed by atoms with Crippen LogP contribution in [-0.2, 0) is 0 Å². The summed E-state index contributed by atoms with van der Waals surface area (Å²) < 4.78 is 10.3. The summed E-state index contributed by atoms with van der Waals surface area (Å²) in [5, 5.41) is 4.27. The lowest BCUT2D eigenvalue weighted by Crippen LogP contribution is -2.21. The van der Waals surface area contributed by atoms with Crippen molar-refractivity contribution in [2.24, 2.45) is 0 Å². The summed E-state index contributed by atoms with van der Waals surface area (Å²) in [7, 11) is 0. The highest BCUT2D eigenvalue weighted by molar-refractivity contribution is 6.99. The molecule has 1 aliphatic rings. The van der Waals surface area contributed by atoms with Gasteiger partial charge in [0, 0.05) is 25.5 Å². The van der Waals surface area contributed by atoms with Crippen molar-refractivity contribution < 1.29 is 0 Å². The predicted molar refractivity (Wildman–Crippen MR) is 58.0 cm³/mol. The smallest absolute Gasteiger partial charge is 0.162 e. The molecular formula is C9H11N5S. The summed E-state index contributed by atoms with van der Waals surface area (Å²) in [4.78, 5) is 2.26. The van der Waals surface area contributed by atoms with Crippen LogP contribution in [0.2, 0.25) is 0 Å². The van der Waals surface area contributed by atoms with Gasteiger partial charge in [-0.15, -0.1) is 0 Å². The van der Waals surface area contributed by atoms with Gasteiger partial charge in [-0.25, -0.2) is 0 Å². The second-order valence-electron chi connectivity index (χ2n) is 3.64. The molecule has 3 rings (SSSR count). The summed E-state index contributed by atoms with van der Waals surface area (Å²) in [6, 6.07) is 2.44. The van der Waals surface area contributed by atoms with Gasteiger partial charge >= 0.3 is 0 Å². The molecule has 0 amide bonds. The van der Waals surface area contributed by atoms with Gasteiger partial charge in [-0.1, -0.05) is 0 Å². The molecule has 15 heavy (non-hydrogen) atoms. The van der Waals surface area contributed by atoms with Gasteiger partial charge in [0.05, 0.1) is 24.0 Å². The van der Waals surface area contributed by atoms with Crippen molar-refractivity contribution in [1.82, 2.24) is 18.5 Å². The number of rotatable bonds is 2. The predicted octanol–water partition coefficient (Wildman–Crippen LogP) is 1.19. The molecule has 2 aromatic heterocycles. The van der Waals surface area contributed by atoms with E-state index in [2.05, 4.69) is 18.7 Å². The van der Waals surface area contributed by atoms with Crippen molar-refractivity contribution >= 4 is 17.5 Å². The molecule has 0 N–H and O–H groups in total. The van der Waals surface area contributed by atoms with Crippen molar-refractivity contribution in [1.29, 1.82) is 0 Å². The monoisotopic (exact) mass is 221 g/mol. The molecule has 0 bridgehead atoms. The Morgan fingerprint density at radius 2 is 2.47 bits per heavy atom. The topological polar surface area (TPSA) is 46.8 Å². The van der Waals surface area contributed by atoms with Crippen LogP contribution in [0.3, 0.4) is 0 Å². The summed E-state index contributed by atoms with van der Waals surface area (Å²) in [5.74, 6) is 0.995. The fourth-order valence-corrected chi connectivity index (χ4v) is 2.40. The first kappa shape index (κ1) is 8.84. The Hall–Kier alpha value is -1.43. The Bertz CT molecular complexity index is 369. The molecule has 0 radical (unpaired) electrons. The van der Waals surface area contributed by atoms with E-state index in [1.54, 1.807) is 0 Å². The molecule has 1 fully saturated rings. The van der Waals surface area contributed by atoms with Gasteiger partial charge in [-0.05, 0) is 12.5 Å². The second kappa shape index (κ2) is 3.62. The quantitative estimate of drug-likeness (QED) is 0.764. The van der Waals surface area contributed by atoms with Crippen LogP contribution in [0.1, 0.15) is 12.5 Å². The first-order valence-electron chi connectivity index (χ1n) is 4.95. The van der Waals surface area contributed by atoms with E-state index in [0.29, 0.717) is 6.04 Å². The van der Waals surface area contributed by atoms with Gasteiger partial charge in [-0.3, -0.25) is 4.68 Å². The molecule has 78 valence electrons. The van der Waals surface area contributed by atoms with Crippen LogP contribution in [0.5, 0.6) is 0 Å². The van der Waals surface area contributed by atoms with Crippen LogP contribution in [0.25, 0.3) is 0 Å². The minimum atomic E-state index is 0.474. The van der Waals surface area contributed by atoms with E-state index in [1.165, 1.54) is 11.7 Å². The minimum Gasteiger partial charge on any atom is -0.352 e. The number of nitrogens with zero attached hydrogens (tertiary/aromatic N) is 5. The molecule has 0 saturated carbocycles. The molecule has 1 unspecified atom stereocenters. The van der Waals surface area contributed by atoms with Crippen molar-refractivity contribution in [3.8, 4) is 0 Å². The zero-order valence-corrected chi connectivity index (χ0v) is 8.97. The molecule has 1 atom stereocenters. The number of anilines is 1. The van der Waals surface area contributed by atoms with Crippen molar-refractivity contribution in [2.45, 2.75) is 12.5 Å². The van der Waals surface area contributed by atoms with E-state index in [0.717, 1.165) is 25.3 Å². The summed E-state index contributed by atoms with van der Waals surface area (Å²) in [6.07, 6.45) is 6.80. The highest BCUT2D eigenvalue weighted by Gasteiger charge is 2.25. The number of hydrogen-bond acceptors (Lipinski definition) is 5.